The maximum absolute atomic E-state index is 11.2. The Morgan fingerprint density at radius 3 is 2.83 bits per heavy atom. The summed E-state index contributed by atoms with van der Waals surface area (Å²) in [6, 6.07) is 15.4. The van der Waals surface area contributed by atoms with Crippen LogP contribution >= 0.6 is 0 Å². The third-order valence-electron chi connectivity index (χ3n) is 4.91. The Labute approximate surface area is 166 Å². The molecule has 0 aliphatic carbocycles. The zero-order chi connectivity index (χ0) is 19.8. The van der Waals surface area contributed by atoms with Gasteiger partial charge in [-0.2, -0.15) is 0 Å². The molecule has 0 spiro atoms. The van der Waals surface area contributed by atoms with Crippen LogP contribution in [0.15, 0.2) is 60.9 Å². The Bertz CT molecular complexity index is 1230. The first-order chi connectivity index (χ1) is 14.3. The zero-order valence-electron chi connectivity index (χ0n) is 15.6. The van der Waals surface area contributed by atoms with Gasteiger partial charge in [-0.1, -0.05) is 18.2 Å². The molecule has 0 bridgehead atoms. The van der Waals surface area contributed by atoms with Gasteiger partial charge in [0.2, 0.25) is 13.2 Å². The molecule has 5 rings (SSSR count). The molecule has 0 saturated carbocycles. The van der Waals surface area contributed by atoms with Crippen molar-refractivity contribution in [2.45, 2.75) is 0 Å². The minimum absolute atomic E-state index is 0.220. The third-order valence-corrected chi connectivity index (χ3v) is 4.91. The van der Waals surface area contributed by atoms with Gasteiger partial charge in [0.05, 0.1) is 24.7 Å². The van der Waals surface area contributed by atoms with Gasteiger partial charge < -0.3 is 19.5 Å². The Balaban J connectivity index is 1.73. The molecule has 1 amide bonds. The first kappa shape index (κ1) is 17.1. The number of carbonyl (C=O) groups excluding carboxylic acids is 1. The van der Waals surface area contributed by atoms with Gasteiger partial charge in [0.15, 0.2) is 17.1 Å². The highest BCUT2D eigenvalue weighted by Gasteiger charge is 2.18. The Morgan fingerprint density at radius 2 is 1.97 bits per heavy atom. The maximum atomic E-state index is 11.2. The van der Waals surface area contributed by atoms with Crippen molar-refractivity contribution in [3.63, 3.8) is 0 Å². The number of nitrogens with zero attached hydrogens (tertiary/aromatic N) is 2. The van der Waals surface area contributed by atoms with Gasteiger partial charge >= 0.3 is 0 Å². The summed E-state index contributed by atoms with van der Waals surface area (Å²) in [5.41, 5.74) is 4.84. The van der Waals surface area contributed by atoms with Crippen molar-refractivity contribution in [2.75, 3.05) is 19.2 Å². The van der Waals surface area contributed by atoms with E-state index in [1.807, 2.05) is 59.1 Å². The van der Waals surface area contributed by atoms with E-state index in [9.17, 15) is 4.79 Å². The van der Waals surface area contributed by atoms with E-state index in [2.05, 4.69) is 10.3 Å². The Morgan fingerprint density at radius 1 is 1.10 bits per heavy atom. The highest BCUT2D eigenvalue weighted by Crippen LogP contribution is 2.38. The molecular formula is C22H17N3O4. The van der Waals surface area contributed by atoms with Gasteiger partial charge in [0.25, 0.3) is 0 Å². The predicted molar refractivity (Wildman–Crippen MR) is 108 cm³/mol. The number of pyridine rings is 1. The van der Waals surface area contributed by atoms with Crippen LogP contribution in [0.3, 0.4) is 0 Å². The molecule has 7 heteroatoms. The monoisotopic (exact) mass is 387 g/mol. The number of imidazole rings is 1. The molecule has 1 aliphatic heterocycles. The van der Waals surface area contributed by atoms with Crippen LogP contribution in [0.1, 0.15) is 0 Å². The van der Waals surface area contributed by atoms with Crippen molar-refractivity contribution in [1.29, 1.82) is 0 Å². The van der Waals surface area contributed by atoms with Gasteiger partial charge in [-0.3, -0.25) is 9.20 Å². The van der Waals surface area contributed by atoms with E-state index >= 15 is 0 Å². The van der Waals surface area contributed by atoms with Crippen LogP contribution < -0.4 is 19.5 Å². The van der Waals surface area contributed by atoms with Crippen molar-refractivity contribution in [1.82, 2.24) is 9.38 Å². The van der Waals surface area contributed by atoms with Crippen molar-refractivity contribution in [2.24, 2.45) is 0 Å². The van der Waals surface area contributed by atoms with Gasteiger partial charge in [0, 0.05) is 22.9 Å². The number of rotatable bonds is 5. The second-order valence-electron chi connectivity index (χ2n) is 6.51. The number of carbonyl (C=O) groups is 1. The summed E-state index contributed by atoms with van der Waals surface area (Å²) in [7, 11) is 1.64. The van der Waals surface area contributed by atoms with Crippen LogP contribution in [-0.2, 0) is 4.79 Å². The molecule has 29 heavy (non-hydrogen) atoms. The number of hydrogen-bond donors (Lipinski definition) is 1. The molecule has 2 aromatic carbocycles. The molecule has 2 aromatic heterocycles. The van der Waals surface area contributed by atoms with Crippen LogP contribution in [0.25, 0.3) is 28.0 Å². The van der Waals surface area contributed by atoms with Crippen LogP contribution in [0.4, 0.5) is 5.69 Å². The molecule has 1 N–H and O–H groups in total. The van der Waals surface area contributed by atoms with Crippen LogP contribution in [0.5, 0.6) is 17.2 Å². The average molecular weight is 387 g/mol. The van der Waals surface area contributed by atoms with Gasteiger partial charge in [0.1, 0.15) is 5.75 Å². The van der Waals surface area contributed by atoms with Gasteiger partial charge in [-0.05, 0) is 30.3 Å². The van der Waals surface area contributed by atoms with Crippen LogP contribution in [0.2, 0.25) is 0 Å². The zero-order valence-corrected chi connectivity index (χ0v) is 15.6. The fraction of sp³-hybridized carbons (Fsp3) is 0.0909. The van der Waals surface area contributed by atoms with E-state index in [-0.39, 0.29) is 6.79 Å². The van der Waals surface area contributed by atoms with Gasteiger partial charge in [-0.25, -0.2) is 4.98 Å². The van der Waals surface area contributed by atoms with E-state index in [4.69, 9.17) is 14.2 Å². The van der Waals surface area contributed by atoms with Crippen molar-refractivity contribution < 1.29 is 19.0 Å². The SMILES string of the molecule is COc1ccccc1-c1cc(NC=O)c2ncc(-c3ccc4c(c3)OCO4)n2c1. The average Bonchev–Trinajstić information content (AvgIpc) is 3.40. The number of anilines is 1. The number of benzene rings is 2. The molecule has 0 fully saturated rings. The fourth-order valence-electron chi connectivity index (χ4n) is 3.56. The number of fused-ring (bicyclic) bond motifs is 2. The second kappa shape index (κ2) is 6.87. The standard InChI is InChI=1S/C22H17N3O4/c1-27-19-5-3-2-4-16(19)15-8-17(24-12-26)22-23-10-18(25(22)11-15)14-6-7-20-21(9-14)29-13-28-20/h2-12H,13H2,1H3,(H,24,26). The molecule has 144 valence electrons. The quantitative estimate of drug-likeness (QED) is 0.525. The molecule has 3 heterocycles. The number of methoxy groups -OCH3 is 1. The number of para-hydroxylation sites is 1. The summed E-state index contributed by atoms with van der Waals surface area (Å²) in [4.78, 5) is 15.7. The summed E-state index contributed by atoms with van der Waals surface area (Å²) in [5, 5.41) is 2.76. The molecule has 0 saturated heterocycles. The fourth-order valence-corrected chi connectivity index (χ4v) is 3.56. The van der Waals surface area contributed by atoms with E-state index in [1.54, 1.807) is 13.3 Å². The van der Waals surface area contributed by atoms with Gasteiger partial charge in [-0.15, -0.1) is 0 Å². The van der Waals surface area contributed by atoms with Crippen LogP contribution in [0, 0.1) is 0 Å². The number of ether oxygens (including phenoxy) is 3. The lowest BCUT2D eigenvalue weighted by molar-refractivity contribution is -0.105. The minimum atomic E-state index is 0.220. The van der Waals surface area contributed by atoms with E-state index in [1.165, 1.54) is 0 Å². The lowest BCUT2D eigenvalue weighted by Crippen LogP contribution is -2.00. The largest absolute Gasteiger partial charge is 0.496 e. The highest BCUT2D eigenvalue weighted by atomic mass is 16.7. The van der Waals surface area contributed by atoms with Crippen molar-refractivity contribution in [3.8, 4) is 39.6 Å². The number of amides is 1. The third kappa shape index (κ3) is 2.84. The molecule has 4 aromatic rings. The lowest BCUT2D eigenvalue weighted by Gasteiger charge is -2.12. The van der Waals surface area contributed by atoms with Crippen LogP contribution in [-0.4, -0.2) is 29.7 Å². The molecular weight excluding hydrogens is 370 g/mol. The molecule has 1 aliphatic rings. The minimum Gasteiger partial charge on any atom is -0.496 e. The predicted octanol–water partition coefficient (Wildman–Crippen LogP) is 3.97. The maximum Gasteiger partial charge on any atom is 0.231 e. The number of nitrogens with one attached hydrogen (secondary N) is 1. The molecule has 0 unspecified atom stereocenters. The summed E-state index contributed by atoms with van der Waals surface area (Å²) in [6.45, 7) is 0.220. The Kier molecular flexibility index (Phi) is 4.05. The summed E-state index contributed by atoms with van der Waals surface area (Å²) in [6.07, 6.45) is 4.40. The van der Waals surface area contributed by atoms with Crippen molar-refractivity contribution >= 4 is 17.7 Å². The van der Waals surface area contributed by atoms with E-state index in [0.717, 1.165) is 33.9 Å². The normalized spacial score (nSPS) is 12.2. The van der Waals surface area contributed by atoms with E-state index in [0.29, 0.717) is 23.5 Å². The summed E-state index contributed by atoms with van der Waals surface area (Å²) < 4.78 is 18.4. The first-order valence-corrected chi connectivity index (χ1v) is 9.03. The number of aromatic nitrogens is 2. The summed E-state index contributed by atoms with van der Waals surface area (Å²) in [5.74, 6) is 2.17. The lowest BCUT2D eigenvalue weighted by atomic mass is 10.1. The highest BCUT2D eigenvalue weighted by molar-refractivity contribution is 5.87. The second-order valence-corrected chi connectivity index (χ2v) is 6.51. The topological polar surface area (TPSA) is 74.1 Å². The molecule has 0 radical (unpaired) electrons. The summed E-state index contributed by atoms with van der Waals surface area (Å²) >= 11 is 0. The first-order valence-electron chi connectivity index (χ1n) is 9.03. The van der Waals surface area contributed by atoms with Crippen molar-refractivity contribution in [3.05, 3.63) is 60.9 Å². The smallest absolute Gasteiger partial charge is 0.231 e. The van der Waals surface area contributed by atoms with E-state index < -0.39 is 0 Å². The Hall–Kier alpha value is -4.00. The number of hydrogen-bond acceptors (Lipinski definition) is 5. The molecule has 0 atom stereocenters. The molecule has 7 nitrogen and oxygen atoms in total.